The van der Waals surface area contributed by atoms with Gasteiger partial charge in [0.15, 0.2) is 0 Å². The summed E-state index contributed by atoms with van der Waals surface area (Å²) in [5, 5.41) is 0. The Morgan fingerprint density at radius 3 is 1.67 bits per heavy atom. The Morgan fingerprint density at radius 1 is 1.25 bits per heavy atom. The van der Waals surface area contributed by atoms with Crippen LogP contribution in [0.5, 0.6) is 0 Å². The Morgan fingerprint density at radius 2 is 1.58 bits per heavy atom. The first-order valence-corrected chi connectivity index (χ1v) is 5.85. The highest BCUT2D eigenvalue weighted by Crippen LogP contribution is 2.31. The standard InChI is InChI=1S/C7H15BrO3S/c1-6(2,8)5-7(3,4)12(9,10)11/h5H2,1-4H3,(H,9,10,11). The molecule has 0 atom stereocenters. The van der Waals surface area contributed by atoms with Crippen molar-refractivity contribution in [1.82, 2.24) is 0 Å². The van der Waals surface area contributed by atoms with Gasteiger partial charge in [0.05, 0.1) is 4.75 Å². The van der Waals surface area contributed by atoms with E-state index in [9.17, 15) is 8.42 Å². The second-order valence-electron chi connectivity index (χ2n) is 4.13. The van der Waals surface area contributed by atoms with Gasteiger partial charge in [0.1, 0.15) is 0 Å². The molecule has 0 aliphatic heterocycles. The van der Waals surface area contributed by atoms with Crippen molar-refractivity contribution < 1.29 is 13.0 Å². The van der Waals surface area contributed by atoms with Crippen LogP contribution in [-0.2, 0) is 10.1 Å². The summed E-state index contributed by atoms with van der Waals surface area (Å²) in [6, 6.07) is 0. The van der Waals surface area contributed by atoms with Crippen molar-refractivity contribution in [3.63, 3.8) is 0 Å². The third-order valence-electron chi connectivity index (χ3n) is 1.54. The average molecular weight is 259 g/mol. The van der Waals surface area contributed by atoms with E-state index in [-0.39, 0.29) is 4.32 Å². The SMILES string of the molecule is CC(C)(Br)CC(C)(C)S(=O)(=O)O. The van der Waals surface area contributed by atoms with Gasteiger partial charge in [-0.1, -0.05) is 29.8 Å². The fourth-order valence-electron chi connectivity index (χ4n) is 1.10. The van der Waals surface area contributed by atoms with E-state index in [1.807, 2.05) is 13.8 Å². The minimum atomic E-state index is -3.97. The van der Waals surface area contributed by atoms with Gasteiger partial charge in [0.2, 0.25) is 0 Å². The molecule has 0 bridgehead atoms. The Balaban J connectivity index is 4.68. The Labute approximate surface area is 82.4 Å². The fraction of sp³-hybridized carbons (Fsp3) is 1.00. The molecule has 0 rings (SSSR count). The highest BCUT2D eigenvalue weighted by molar-refractivity contribution is 9.10. The van der Waals surface area contributed by atoms with Crippen molar-refractivity contribution >= 4 is 26.0 Å². The molecule has 0 saturated heterocycles. The van der Waals surface area contributed by atoms with Crippen molar-refractivity contribution in [2.24, 2.45) is 0 Å². The maximum atomic E-state index is 10.9. The molecule has 3 nitrogen and oxygen atoms in total. The highest BCUT2D eigenvalue weighted by Gasteiger charge is 2.37. The molecule has 74 valence electrons. The molecular formula is C7H15BrO3S. The lowest BCUT2D eigenvalue weighted by Gasteiger charge is -2.27. The lowest BCUT2D eigenvalue weighted by atomic mass is 10.00. The van der Waals surface area contributed by atoms with Crippen LogP contribution in [0.1, 0.15) is 34.1 Å². The lowest BCUT2D eigenvalue weighted by molar-refractivity contribution is 0.417. The predicted octanol–water partition coefficient (Wildman–Crippen LogP) is 2.22. The van der Waals surface area contributed by atoms with Crippen LogP contribution < -0.4 is 0 Å². The van der Waals surface area contributed by atoms with Crippen LogP contribution in [-0.4, -0.2) is 22.0 Å². The van der Waals surface area contributed by atoms with Crippen LogP contribution in [0.3, 0.4) is 0 Å². The van der Waals surface area contributed by atoms with Gasteiger partial charge >= 0.3 is 0 Å². The van der Waals surface area contributed by atoms with Crippen LogP contribution in [0.15, 0.2) is 0 Å². The molecule has 0 spiro atoms. The first-order valence-electron chi connectivity index (χ1n) is 3.62. The van der Waals surface area contributed by atoms with Crippen molar-refractivity contribution in [1.29, 1.82) is 0 Å². The summed E-state index contributed by atoms with van der Waals surface area (Å²) in [7, 11) is -3.97. The molecular weight excluding hydrogens is 244 g/mol. The van der Waals surface area contributed by atoms with Gasteiger partial charge in [-0.25, -0.2) is 0 Å². The number of hydrogen-bond acceptors (Lipinski definition) is 2. The smallest absolute Gasteiger partial charge is 0.270 e. The molecule has 0 aliphatic carbocycles. The van der Waals surface area contributed by atoms with E-state index < -0.39 is 14.9 Å². The third-order valence-corrected chi connectivity index (χ3v) is 3.37. The summed E-state index contributed by atoms with van der Waals surface area (Å²) in [5.41, 5.74) is 0. The zero-order valence-corrected chi connectivity index (χ0v) is 10.2. The van der Waals surface area contributed by atoms with Crippen molar-refractivity contribution in [3.05, 3.63) is 0 Å². The van der Waals surface area contributed by atoms with E-state index in [0.29, 0.717) is 6.42 Å². The van der Waals surface area contributed by atoms with Crippen LogP contribution in [0.25, 0.3) is 0 Å². The summed E-state index contributed by atoms with van der Waals surface area (Å²) in [6.07, 6.45) is 0.360. The summed E-state index contributed by atoms with van der Waals surface area (Å²) >= 11 is 3.33. The van der Waals surface area contributed by atoms with Gasteiger partial charge in [-0.15, -0.1) is 0 Å². The number of hydrogen-bond donors (Lipinski definition) is 1. The van der Waals surface area contributed by atoms with Gasteiger partial charge in [-0.2, -0.15) is 8.42 Å². The molecule has 0 aromatic rings. The minimum absolute atomic E-state index is 0.285. The van der Waals surface area contributed by atoms with Gasteiger partial charge in [0, 0.05) is 4.32 Å². The highest BCUT2D eigenvalue weighted by atomic mass is 79.9. The summed E-state index contributed by atoms with van der Waals surface area (Å²) in [6.45, 7) is 6.73. The molecule has 0 aromatic heterocycles. The normalized spacial score (nSPS) is 14.8. The zero-order chi connectivity index (χ0) is 10.2. The van der Waals surface area contributed by atoms with E-state index >= 15 is 0 Å². The number of alkyl halides is 1. The Bertz CT molecular complexity index is 248. The van der Waals surface area contributed by atoms with E-state index in [4.69, 9.17) is 4.55 Å². The fourth-order valence-corrected chi connectivity index (χ4v) is 2.53. The molecule has 1 N–H and O–H groups in total. The maximum Gasteiger partial charge on any atom is 0.270 e. The summed E-state index contributed by atoms with van der Waals surface area (Å²) in [5.74, 6) is 0. The first kappa shape index (κ1) is 12.4. The second kappa shape index (κ2) is 3.27. The molecule has 0 radical (unpaired) electrons. The van der Waals surface area contributed by atoms with Crippen molar-refractivity contribution in [3.8, 4) is 0 Å². The van der Waals surface area contributed by atoms with E-state index in [0.717, 1.165) is 0 Å². The molecule has 0 fully saturated rings. The largest absolute Gasteiger partial charge is 0.285 e. The number of rotatable bonds is 3. The summed E-state index contributed by atoms with van der Waals surface area (Å²) in [4.78, 5) is 0. The van der Waals surface area contributed by atoms with Gasteiger partial charge in [0.25, 0.3) is 10.1 Å². The average Bonchev–Trinajstić information content (AvgIpc) is 1.52. The molecule has 0 amide bonds. The Kier molecular flexibility index (Phi) is 3.38. The molecule has 12 heavy (non-hydrogen) atoms. The molecule has 0 unspecified atom stereocenters. The zero-order valence-electron chi connectivity index (χ0n) is 7.76. The molecule has 0 heterocycles. The minimum Gasteiger partial charge on any atom is -0.285 e. The molecule has 0 aromatic carbocycles. The molecule has 5 heteroatoms. The van der Waals surface area contributed by atoms with Crippen molar-refractivity contribution in [2.45, 2.75) is 43.2 Å². The van der Waals surface area contributed by atoms with Crippen LogP contribution in [0.4, 0.5) is 0 Å². The van der Waals surface area contributed by atoms with Gasteiger partial charge in [-0.3, -0.25) is 4.55 Å². The molecule has 0 aliphatic rings. The first-order chi connectivity index (χ1) is 4.96. The summed E-state index contributed by atoms with van der Waals surface area (Å²) < 4.78 is 29.2. The topological polar surface area (TPSA) is 54.4 Å². The quantitative estimate of drug-likeness (QED) is 0.624. The second-order valence-corrected chi connectivity index (χ2v) is 8.33. The lowest BCUT2D eigenvalue weighted by Crippen LogP contribution is -2.36. The molecule has 0 saturated carbocycles. The van der Waals surface area contributed by atoms with Gasteiger partial charge < -0.3 is 0 Å². The van der Waals surface area contributed by atoms with E-state index in [2.05, 4.69) is 15.9 Å². The monoisotopic (exact) mass is 258 g/mol. The van der Waals surface area contributed by atoms with Crippen LogP contribution in [0.2, 0.25) is 0 Å². The van der Waals surface area contributed by atoms with Crippen molar-refractivity contribution in [2.75, 3.05) is 0 Å². The van der Waals surface area contributed by atoms with E-state index in [1.165, 1.54) is 13.8 Å². The maximum absolute atomic E-state index is 10.9. The Hall–Kier alpha value is 0.390. The number of halogens is 1. The van der Waals surface area contributed by atoms with Crippen LogP contribution in [0, 0.1) is 0 Å². The van der Waals surface area contributed by atoms with Gasteiger partial charge in [-0.05, 0) is 20.3 Å². The van der Waals surface area contributed by atoms with E-state index in [1.54, 1.807) is 0 Å². The van der Waals surface area contributed by atoms with Crippen LogP contribution >= 0.6 is 15.9 Å². The predicted molar refractivity (Wildman–Crippen MR) is 53.3 cm³/mol. The third kappa shape index (κ3) is 3.87.